The minimum Gasteiger partial charge on any atom is -0.367 e. The Hall–Kier alpha value is -0.940. The zero-order valence-electron chi connectivity index (χ0n) is 10.5. The van der Waals surface area contributed by atoms with Gasteiger partial charge in [0.2, 0.25) is 11.7 Å². The van der Waals surface area contributed by atoms with E-state index in [9.17, 15) is 0 Å². The summed E-state index contributed by atoms with van der Waals surface area (Å²) in [7, 11) is 0. The van der Waals surface area contributed by atoms with E-state index in [4.69, 9.17) is 9.26 Å². The summed E-state index contributed by atoms with van der Waals surface area (Å²) in [4.78, 5) is 7.05. The Morgan fingerprint density at radius 3 is 2.94 bits per heavy atom. The molecule has 3 fully saturated rings. The molecule has 0 amide bonds. The number of morpholine rings is 1. The molecule has 1 saturated carbocycles. The van der Waals surface area contributed by atoms with Crippen molar-refractivity contribution in [2.75, 3.05) is 19.7 Å². The van der Waals surface area contributed by atoms with Crippen molar-refractivity contribution in [3.05, 3.63) is 11.7 Å². The van der Waals surface area contributed by atoms with Crippen LogP contribution >= 0.6 is 0 Å². The zero-order valence-corrected chi connectivity index (χ0v) is 10.5. The molecule has 2 aliphatic heterocycles. The van der Waals surface area contributed by atoms with Gasteiger partial charge in [0.15, 0.2) is 0 Å². The predicted molar refractivity (Wildman–Crippen MR) is 64.2 cm³/mol. The Bertz CT molecular complexity index is 430. The van der Waals surface area contributed by atoms with Crippen LogP contribution in [-0.2, 0) is 4.74 Å². The number of hydrogen-bond acceptors (Lipinski definition) is 5. The van der Waals surface area contributed by atoms with Gasteiger partial charge in [0.25, 0.3) is 0 Å². The van der Waals surface area contributed by atoms with E-state index in [1.54, 1.807) is 0 Å². The summed E-state index contributed by atoms with van der Waals surface area (Å²) in [5.41, 5.74) is 0. The van der Waals surface area contributed by atoms with Crippen molar-refractivity contribution >= 4 is 0 Å². The molecule has 5 heteroatoms. The third-order valence-corrected chi connectivity index (χ3v) is 4.59. The first kappa shape index (κ1) is 10.9. The molecule has 0 radical (unpaired) electrons. The summed E-state index contributed by atoms with van der Waals surface area (Å²) in [5, 5.41) is 4.12. The monoisotopic (exact) mass is 249 g/mol. The maximum atomic E-state index is 5.90. The molecule has 0 aromatic carbocycles. The van der Waals surface area contributed by atoms with Gasteiger partial charge in [-0.05, 0) is 32.2 Å². The highest BCUT2D eigenvalue weighted by atomic mass is 16.5. The molecule has 4 rings (SSSR count). The lowest BCUT2D eigenvalue weighted by atomic mass is 9.85. The molecule has 3 aliphatic rings. The van der Waals surface area contributed by atoms with Gasteiger partial charge in [0.1, 0.15) is 6.10 Å². The SMILES string of the molecule is C1CC(c2nc(C3CN4CCCC4CO3)no2)C1. The number of ether oxygens (including phenoxy) is 1. The molecule has 18 heavy (non-hydrogen) atoms. The second-order valence-electron chi connectivity index (χ2n) is 5.73. The molecule has 98 valence electrons. The first-order chi connectivity index (χ1) is 8.90. The van der Waals surface area contributed by atoms with E-state index in [-0.39, 0.29) is 6.10 Å². The van der Waals surface area contributed by atoms with Crippen molar-refractivity contribution in [2.24, 2.45) is 0 Å². The van der Waals surface area contributed by atoms with Gasteiger partial charge in [0, 0.05) is 18.5 Å². The molecule has 2 atom stereocenters. The van der Waals surface area contributed by atoms with Gasteiger partial charge in [-0.1, -0.05) is 11.6 Å². The van der Waals surface area contributed by atoms with Crippen LogP contribution in [0.15, 0.2) is 4.52 Å². The molecule has 0 bridgehead atoms. The van der Waals surface area contributed by atoms with Crippen LogP contribution in [0.5, 0.6) is 0 Å². The second-order valence-corrected chi connectivity index (χ2v) is 5.73. The minimum atomic E-state index is 0.0110. The van der Waals surface area contributed by atoms with Gasteiger partial charge in [0.05, 0.1) is 6.61 Å². The third-order valence-electron chi connectivity index (χ3n) is 4.59. The van der Waals surface area contributed by atoms with Crippen LogP contribution in [0.4, 0.5) is 0 Å². The van der Waals surface area contributed by atoms with E-state index in [0.29, 0.717) is 12.0 Å². The van der Waals surface area contributed by atoms with E-state index in [1.807, 2.05) is 0 Å². The third kappa shape index (κ3) is 1.77. The van der Waals surface area contributed by atoms with E-state index in [2.05, 4.69) is 15.0 Å². The van der Waals surface area contributed by atoms with Crippen LogP contribution < -0.4 is 0 Å². The molecule has 1 aliphatic carbocycles. The molecule has 0 N–H and O–H groups in total. The Kier molecular flexibility index (Phi) is 2.62. The number of rotatable bonds is 2. The lowest BCUT2D eigenvalue weighted by Crippen LogP contribution is -2.42. The zero-order chi connectivity index (χ0) is 11.9. The Morgan fingerprint density at radius 1 is 1.17 bits per heavy atom. The smallest absolute Gasteiger partial charge is 0.229 e. The van der Waals surface area contributed by atoms with E-state index in [0.717, 1.165) is 24.9 Å². The van der Waals surface area contributed by atoms with Crippen molar-refractivity contribution in [3.63, 3.8) is 0 Å². The molecule has 3 heterocycles. The van der Waals surface area contributed by atoms with Crippen molar-refractivity contribution in [2.45, 2.75) is 50.2 Å². The maximum Gasteiger partial charge on any atom is 0.229 e. The normalized spacial score (nSPS) is 33.3. The Labute approximate surface area is 106 Å². The first-order valence-corrected chi connectivity index (χ1v) is 7.09. The maximum absolute atomic E-state index is 5.90. The van der Waals surface area contributed by atoms with Crippen molar-refractivity contribution in [1.29, 1.82) is 0 Å². The highest BCUT2D eigenvalue weighted by Gasteiger charge is 2.35. The number of nitrogens with zero attached hydrogens (tertiary/aromatic N) is 3. The summed E-state index contributed by atoms with van der Waals surface area (Å²) in [6, 6.07) is 0.624. The predicted octanol–water partition coefficient (Wildman–Crippen LogP) is 1.87. The highest BCUT2D eigenvalue weighted by molar-refractivity contribution is 5.02. The van der Waals surface area contributed by atoms with Crippen LogP contribution in [0, 0.1) is 0 Å². The van der Waals surface area contributed by atoms with E-state index in [1.165, 1.54) is 38.6 Å². The van der Waals surface area contributed by atoms with Gasteiger partial charge in [-0.2, -0.15) is 4.98 Å². The van der Waals surface area contributed by atoms with Gasteiger partial charge < -0.3 is 9.26 Å². The summed E-state index contributed by atoms with van der Waals surface area (Å²) in [5.74, 6) is 2.08. The molecule has 0 spiro atoms. The summed E-state index contributed by atoms with van der Waals surface area (Å²) in [6.45, 7) is 2.93. The fourth-order valence-electron chi connectivity index (χ4n) is 3.17. The Balaban J connectivity index is 1.47. The molecule has 2 unspecified atom stereocenters. The average molecular weight is 249 g/mol. The van der Waals surface area contributed by atoms with Gasteiger partial charge in [-0.3, -0.25) is 4.90 Å². The largest absolute Gasteiger partial charge is 0.367 e. The quantitative estimate of drug-likeness (QED) is 0.801. The van der Waals surface area contributed by atoms with Gasteiger partial charge in [-0.25, -0.2) is 0 Å². The first-order valence-electron chi connectivity index (χ1n) is 7.09. The fourth-order valence-corrected chi connectivity index (χ4v) is 3.17. The summed E-state index contributed by atoms with van der Waals surface area (Å²) >= 11 is 0. The average Bonchev–Trinajstić information content (AvgIpc) is 2.93. The van der Waals surface area contributed by atoms with E-state index < -0.39 is 0 Å². The van der Waals surface area contributed by atoms with Crippen LogP contribution in [0.25, 0.3) is 0 Å². The molecule has 5 nitrogen and oxygen atoms in total. The summed E-state index contributed by atoms with van der Waals surface area (Å²) < 4.78 is 11.3. The van der Waals surface area contributed by atoms with Crippen LogP contribution in [0.3, 0.4) is 0 Å². The lowest BCUT2D eigenvalue weighted by molar-refractivity contribution is -0.0548. The number of hydrogen-bond donors (Lipinski definition) is 0. The molecule has 2 saturated heterocycles. The number of fused-ring (bicyclic) bond motifs is 1. The van der Waals surface area contributed by atoms with Crippen LogP contribution in [0.1, 0.15) is 55.8 Å². The lowest BCUT2D eigenvalue weighted by Gasteiger charge is -2.33. The standard InChI is InChI=1S/C13H19N3O2/c1-3-9(4-1)13-14-12(15-18-13)11-7-16-6-2-5-10(16)8-17-11/h9-11H,1-8H2. The van der Waals surface area contributed by atoms with Crippen molar-refractivity contribution in [3.8, 4) is 0 Å². The Morgan fingerprint density at radius 2 is 2.11 bits per heavy atom. The van der Waals surface area contributed by atoms with Gasteiger partial charge >= 0.3 is 0 Å². The number of aromatic nitrogens is 2. The van der Waals surface area contributed by atoms with Gasteiger partial charge in [-0.15, -0.1) is 0 Å². The van der Waals surface area contributed by atoms with Crippen LogP contribution in [0.2, 0.25) is 0 Å². The highest BCUT2D eigenvalue weighted by Crippen LogP contribution is 2.36. The van der Waals surface area contributed by atoms with Crippen molar-refractivity contribution in [1.82, 2.24) is 15.0 Å². The minimum absolute atomic E-state index is 0.0110. The summed E-state index contributed by atoms with van der Waals surface area (Å²) in [6.07, 6.45) is 6.25. The fraction of sp³-hybridized carbons (Fsp3) is 0.846. The molecule has 1 aromatic rings. The molecule has 1 aromatic heterocycles. The molecular weight excluding hydrogens is 230 g/mol. The topological polar surface area (TPSA) is 51.4 Å². The van der Waals surface area contributed by atoms with Crippen molar-refractivity contribution < 1.29 is 9.26 Å². The second kappa shape index (κ2) is 4.31. The van der Waals surface area contributed by atoms with Crippen LogP contribution in [-0.4, -0.2) is 40.8 Å². The molecular formula is C13H19N3O2. The van der Waals surface area contributed by atoms with E-state index >= 15 is 0 Å².